The molecule has 1 aromatic carbocycles. The lowest BCUT2D eigenvalue weighted by atomic mass is 9.82. The molecular weight excluding hydrogens is 414 g/mol. The van der Waals surface area contributed by atoms with Crippen LogP contribution in [0.5, 0.6) is 0 Å². The van der Waals surface area contributed by atoms with Crippen molar-refractivity contribution >= 4 is 33.0 Å². The second kappa shape index (κ2) is 7.76. The van der Waals surface area contributed by atoms with E-state index < -0.39 is 10.0 Å². The first-order valence-electron chi connectivity index (χ1n) is 10.5. The molecule has 166 valence electrons. The second-order valence-corrected chi connectivity index (χ2v) is 10.6. The maximum Gasteiger partial charge on any atom is 0.243 e. The van der Waals surface area contributed by atoms with Gasteiger partial charge in [-0.3, -0.25) is 0 Å². The van der Waals surface area contributed by atoms with E-state index in [1.807, 2.05) is 12.1 Å². The van der Waals surface area contributed by atoms with E-state index in [0.717, 1.165) is 24.8 Å². The molecule has 31 heavy (non-hydrogen) atoms. The fourth-order valence-corrected chi connectivity index (χ4v) is 5.75. The van der Waals surface area contributed by atoms with Crippen LogP contribution in [0.15, 0.2) is 35.5 Å². The Labute approximate surface area is 182 Å². The predicted octanol–water partition coefficient (Wildman–Crippen LogP) is 2.53. The average Bonchev–Trinajstić information content (AvgIpc) is 3.36. The number of nitrogens with zero attached hydrogens (tertiary/aromatic N) is 5. The number of imidazole rings is 1. The van der Waals surface area contributed by atoms with Gasteiger partial charge in [-0.15, -0.1) is 0 Å². The van der Waals surface area contributed by atoms with Gasteiger partial charge < -0.3 is 16.0 Å². The first-order valence-corrected chi connectivity index (χ1v) is 11.9. The largest absolute Gasteiger partial charge is 0.382 e. The van der Waals surface area contributed by atoms with Crippen LogP contribution in [-0.2, 0) is 22.0 Å². The molecule has 0 aliphatic carbocycles. The molecule has 1 atom stereocenters. The summed E-state index contributed by atoms with van der Waals surface area (Å²) in [6.07, 6.45) is 4.15. The molecule has 4 N–H and O–H groups in total. The van der Waals surface area contributed by atoms with Crippen molar-refractivity contribution < 1.29 is 8.42 Å². The summed E-state index contributed by atoms with van der Waals surface area (Å²) >= 11 is 0. The third-order valence-corrected chi connectivity index (χ3v) is 8.33. The Morgan fingerprint density at radius 1 is 1.16 bits per heavy atom. The Morgan fingerprint density at radius 2 is 1.87 bits per heavy atom. The summed E-state index contributed by atoms with van der Waals surface area (Å²) in [5.41, 5.74) is 13.7. The maximum absolute atomic E-state index is 13.4. The van der Waals surface area contributed by atoms with Gasteiger partial charge in [0.1, 0.15) is 5.52 Å². The van der Waals surface area contributed by atoms with Crippen LogP contribution >= 0.6 is 0 Å². The molecule has 0 saturated carbocycles. The zero-order valence-electron chi connectivity index (χ0n) is 18.1. The first-order chi connectivity index (χ1) is 14.6. The van der Waals surface area contributed by atoms with Crippen LogP contribution in [0.1, 0.15) is 45.6 Å². The summed E-state index contributed by atoms with van der Waals surface area (Å²) in [7, 11) is -3.61. The number of sulfonamides is 1. The van der Waals surface area contributed by atoms with E-state index in [0.29, 0.717) is 29.1 Å². The molecule has 1 saturated heterocycles. The minimum absolute atomic E-state index is 0.00645. The topological polar surface area (TPSA) is 133 Å². The summed E-state index contributed by atoms with van der Waals surface area (Å²) < 4.78 is 30.2. The summed E-state index contributed by atoms with van der Waals surface area (Å²) in [6, 6.07) is 7.09. The minimum atomic E-state index is -3.61. The van der Waals surface area contributed by atoms with Crippen LogP contribution in [0.4, 0.5) is 11.8 Å². The molecule has 3 heterocycles. The molecule has 1 fully saturated rings. The summed E-state index contributed by atoms with van der Waals surface area (Å²) in [4.78, 5) is 12.8. The molecule has 1 unspecified atom stereocenters. The minimum Gasteiger partial charge on any atom is -0.382 e. The van der Waals surface area contributed by atoms with Gasteiger partial charge in [-0.2, -0.15) is 14.3 Å². The number of benzene rings is 1. The number of hydrogen-bond acceptors (Lipinski definition) is 7. The number of aromatic nitrogens is 4. The third-order valence-electron chi connectivity index (χ3n) is 6.36. The standard InChI is InChI=1S/C21H29N7O2S/c1-4-21(2,3)14-7-9-16(10-8-14)31(29,30)28-11-5-6-15(28)12-27-13-24-17-18(22)25-20(23)26-19(17)27/h7-10,13,15H,4-6,11-12H2,1-3H3,(H4,22,23,25,26). The molecule has 0 spiro atoms. The second-order valence-electron chi connectivity index (χ2n) is 8.71. The molecule has 1 aliphatic rings. The van der Waals surface area contributed by atoms with E-state index in [2.05, 4.69) is 35.7 Å². The molecule has 0 bridgehead atoms. The van der Waals surface area contributed by atoms with Crippen molar-refractivity contribution in [2.45, 2.75) is 62.9 Å². The van der Waals surface area contributed by atoms with Crippen molar-refractivity contribution in [3.8, 4) is 0 Å². The van der Waals surface area contributed by atoms with Crippen LogP contribution in [0.3, 0.4) is 0 Å². The highest BCUT2D eigenvalue weighted by Crippen LogP contribution is 2.31. The normalized spacial score (nSPS) is 18.1. The van der Waals surface area contributed by atoms with Crippen LogP contribution < -0.4 is 11.5 Å². The summed E-state index contributed by atoms with van der Waals surface area (Å²) in [5.74, 6) is 0.282. The zero-order chi connectivity index (χ0) is 22.4. The Morgan fingerprint density at radius 3 is 2.55 bits per heavy atom. The van der Waals surface area contributed by atoms with E-state index in [-0.39, 0.29) is 23.2 Å². The Hall–Kier alpha value is -2.72. The number of nitrogen functional groups attached to an aromatic ring is 2. The molecule has 1 aliphatic heterocycles. The Kier molecular flexibility index (Phi) is 5.38. The predicted molar refractivity (Wildman–Crippen MR) is 121 cm³/mol. The van der Waals surface area contributed by atoms with Gasteiger partial charge in [0, 0.05) is 19.1 Å². The van der Waals surface area contributed by atoms with Gasteiger partial charge in [-0.25, -0.2) is 13.4 Å². The van der Waals surface area contributed by atoms with E-state index in [1.54, 1.807) is 27.3 Å². The van der Waals surface area contributed by atoms with Gasteiger partial charge in [-0.1, -0.05) is 32.9 Å². The maximum atomic E-state index is 13.4. The number of anilines is 2. The molecular formula is C21H29N7O2S. The first kappa shape index (κ1) is 21.5. The lowest BCUT2D eigenvalue weighted by Crippen LogP contribution is -2.38. The monoisotopic (exact) mass is 443 g/mol. The van der Waals surface area contributed by atoms with Gasteiger partial charge in [0.2, 0.25) is 16.0 Å². The zero-order valence-corrected chi connectivity index (χ0v) is 18.9. The molecule has 9 nitrogen and oxygen atoms in total. The number of rotatable bonds is 6. The van der Waals surface area contributed by atoms with Gasteiger partial charge in [0.25, 0.3) is 0 Å². The molecule has 3 aromatic rings. The Balaban J connectivity index is 1.61. The summed E-state index contributed by atoms with van der Waals surface area (Å²) in [5, 5.41) is 0. The lowest BCUT2D eigenvalue weighted by molar-refractivity contribution is 0.354. The quantitative estimate of drug-likeness (QED) is 0.598. The smallest absolute Gasteiger partial charge is 0.243 e. The Bertz CT molecular complexity index is 1200. The van der Waals surface area contributed by atoms with Crippen LogP contribution in [-0.4, -0.2) is 44.8 Å². The fraction of sp³-hybridized carbons (Fsp3) is 0.476. The van der Waals surface area contributed by atoms with Crippen molar-refractivity contribution in [3.05, 3.63) is 36.2 Å². The van der Waals surface area contributed by atoms with E-state index >= 15 is 0 Å². The van der Waals surface area contributed by atoms with Gasteiger partial charge >= 0.3 is 0 Å². The van der Waals surface area contributed by atoms with Crippen molar-refractivity contribution in [1.29, 1.82) is 0 Å². The van der Waals surface area contributed by atoms with E-state index in [1.165, 1.54) is 0 Å². The van der Waals surface area contributed by atoms with E-state index in [9.17, 15) is 8.42 Å². The number of fused-ring (bicyclic) bond motifs is 1. The fourth-order valence-electron chi connectivity index (χ4n) is 4.07. The number of hydrogen-bond donors (Lipinski definition) is 2. The average molecular weight is 444 g/mol. The van der Waals surface area contributed by atoms with Crippen molar-refractivity contribution in [3.63, 3.8) is 0 Å². The highest BCUT2D eigenvalue weighted by Gasteiger charge is 2.36. The highest BCUT2D eigenvalue weighted by atomic mass is 32.2. The van der Waals surface area contributed by atoms with Crippen molar-refractivity contribution in [1.82, 2.24) is 23.8 Å². The van der Waals surface area contributed by atoms with Gasteiger partial charge in [0.15, 0.2) is 11.5 Å². The van der Waals surface area contributed by atoms with Gasteiger partial charge in [-0.05, 0) is 42.4 Å². The molecule has 2 aromatic heterocycles. The number of nitrogens with two attached hydrogens (primary N) is 2. The highest BCUT2D eigenvalue weighted by molar-refractivity contribution is 7.89. The van der Waals surface area contributed by atoms with Gasteiger partial charge in [0.05, 0.1) is 11.2 Å². The summed E-state index contributed by atoms with van der Waals surface area (Å²) in [6.45, 7) is 7.36. The van der Waals surface area contributed by atoms with Crippen LogP contribution in [0, 0.1) is 0 Å². The molecule has 10 heteroatoms. The molecule has 4 rings (SSSR count). The SMILES string of the molecule is CCC(C)(C)c1ccc(S(=O)(=O)N2CCCC2Cn2cnc3c(N)nc(N)nc32)cc1. The lowest BCUT2D eigenvalue weighted by Gasteiger charge is -2.26. The van der Waals surface area contributed by atoms with Crippen LogP contribution in [0.2, 0.25) is 0 Å². The molecule has 0 radical (unpaired) electrons. The van der Waals surface area contributed by atoms with Crippen LogP contribution in [0.25, 0.3) is 11.2 Å². The molecule has 0 amide bonds. The van der Waals surface area contributed by atoms with Crippen molar-refractivity contribution in [2.75, 3.05) is 18.0 Å². The van der Waals surface area contributed by atoms with Crippen molar-refractivity contribution in [2.24, 2.45) is 0 Å². The van der Waals surface area contributed by atoms with E-state index in [4.69, 9.17) is 11.5 Å². The third kappa shape index (κ3) is 3.85.